The summed E-state index contributed by atoms with van der Waals surface area (Å²) in [6.07, 6.45) is 2.92. The molecule has 1 rings (SSSR count). The van der Waals surface area contributed by atoms with Crippen molar-refractivity contribution in [1.29, 1.82) is 0 Å². The average molecular weight is 140 g/mol. The van der Waals surface area contributed by atoms with Crippen LogP contribution in [0.4, 0.5) is 0 Å². The highest BCUT2D eigenvalue weighted by Crippen LogP contribution is 2.43. The first kappa shape index (κ1) is 8.10. The van der Waals surface area contributed by atoms with Crippen molar-refractivity contribution in [2.45, 2.75) is 40.5 Å². The number of rotatable bonds is 2. The van der Waals surface area contributed by atoms with E-state index in [1.54, 1.807) is 0 Å². The SMILES string of the molecule is CC(C)CC1C(C)CC1C. The highest BCUT2D eigenvalue weighted by atomic mass is 14.4. The molecule has 1 aliphatic rings. The Morgan fingerprint density at radius 2 is 1.70 bits per heavy atom. The van der Waals surface area contributed by atoms with Crippen LogP contribution < -0.4 is 0 Å². The quantitative estimate of drug-likeness (QED) is 0.552. The molecule has 0 heterocycles. The zero-order valence-electron chi connectivity index (χ0n) is 7.72. The highest BCUT2D eigenvalue weighted by Gasteiger charge is 2.34. The molecule has 0 aromatic carbocycles. The van der Waals surface area contributed by atoms with E-state index in [1.165, 1.54) is 12.8 Å². The van der Waals surface area contributed by atoms with Gasteiger partial charge >= 0.3 is 0 Å². The van der Waals surface area contributed by atoms with E-state index < -0.39 is 0 Å². The Bertz CT molecular complexity index is 96.6. The van der Waals surface area contributed by atoms with Crippen LogP contribution in [0, 0.1) is 23.7 Å². The fraction of sp³-hybridized carbons (Fsp3) is 1.00. The van der Waals surface area contributed by atoms with Crippen molar-refractivity contribution in [2.24, 2.45) is 23.7 Å². The molecule has 0 aromatic rings. The van der Waals surface area contributed by atoms with E-state index in [0.29, 0.717) is 0 Å². The van der Waals surface area contributed by atoms with E-state index in [4.69, 9.17) is 0 Å². The summed E-state index contributed by atoms with van der Waals surface area (Å²) < 4.78 is 0. The first-order chi connectivity index (χ1) is 4.61. The van der Waals surface area contributed by atoms with Gasteiger partial charge in [0.25, 0.3) is 0 Å². The molecule has 0 heteroatoms. The molecule has 0 nitrogen and oxygen atoms in total. The molecule has 0 spiro atoms. The Balaban J connectivity index is 2.26. The first-order valence-corrected chi connectivity index (χ1v) is 4.61. The molecule has 2 unspecified atom stereocenters. The van der Waals surface area contributed by atoms with Crippen LogP contribution in [0.15, 0.2) is 0 Å². The maximum Gasteiger partial charge on any atom is -0.0360 e. The van der Waals surface area contributed by atoms with E-state index in [2.05, 4.69) is 27.7 Å². The lowest BCUT2D eigenvalue weighted by molar-refractivity contribution is 0.0797. The van der Waals surface area contributed by atoms with Gasteiger partial charge in [-0.25, -0.2) is 0 Å². The van der Waals surface area contributed by atoms with Gasteiger partial charge in [0.15, 0.2) is 0 Å². The molecule has 1 aliphatic carbocycles. The molecule has 60 valence electrons. The topological polar surface area (TPSA) is 0 Å². The second kappa shape index (κ2) is 2.94. The molecule has 0 N–H and O–H groups in total. The highest BCUT2D eigenvalue weighted by molar-refractivity contribution is 4.84. The zero-order valence-corrected chi connectivity index (χ0v) is 7.72. The molecule has 0 saturated heterocycles. The fourth-order valence-electron chi connectivity index (χ4n) is 2.31. The van der Waals surface area contributed by atoms with Crippen LogP contribution in [0.5, 0.6) is 0 Å². The predicted molar refractivity (Wildman–Crippen MR) is 45.9 cm³/mol. The molecule has 0 amide bonds. The molecule has 1 saturated carbocycles. The third-order valence-corrected chi connectivity index (χ3v) is 2.95. The van der Waals surface area contributed by atoms with Crippen molar-refractivity contribution in [2.75, 3.05) is 0 Å². The first-order valence-electron chi connectivity index (χ1n) is 4.61. The zero-order chi connectivity index (χ0) is 7.72. The molecule has 0 aromatic heterocycles. The summed E-state index contributed by atoms with van der Waals surface area (Å²) in [6, 6.07) is 0. The van der Waals surface area contributed by atoms with Crippen LogP contribution in [0.3, 0.4) is 0 Å². The Morgan fingerprint density at radius 3 is 1.90 bits per heavy atom. The van der Waals surface area contributed by atoms with Crippen molar-refractivity contribution in [1.82, 2.24) is 0 Å². The average Bonchev–Trinajstić information content (AvgIpc) is 1.84. The molecule has 0 radical (unpaired) electrons. The van der Waals surface area contributed by atoms with Crippen LogP contribution in [-0.2, 0) is 0 Å². The van der Waals surface area contributed by atoms with E-state index >= 15 is 0 Å². The van der Waals surface area contributed by atoms with Gasteiger partial charge in [-0.3, -0.25) is 0 Å². The summed E-state index contributed by atoms with van der Waals surface area (Å²) in [5.74, 6) is 3.96. The van der Waals surface area contributed by atoms with Crippen molar-refractivity contribution in [3.8, 4) is 0 Å². The standard InChI is InChI=1S/C10H20/c1-7(2)5-10-8(3)6-9(10)4/h7-10H,5-6H2,1-4H3. The lowest BCUT2D eigenvalue weighted by Gasteiger charge is -2.42. The lowest BCUT2D eigenvalue weighted by Crippen LogP contribution is -2.33. The summed E-state index contributed by atoms with van der Waals surface area (Å²) in [7, 11) is 0. The third-order valence-electron chi connectivity index (χ3n) is 2.95. The number of hydrogen-bond acceptors (Lipinski definition) is 0. The molecule has 0 bridgehead atoms. The van der Waals surface area contributed by atoms with Crippen molar-refractivity contribution in [3.63, 3.8) is 0 Å². The second-order valence-corrected chi connectivity index (χ2v) is 4.48. The van der Waals surface area contributed by atoms with Crippen LogP contribution in [0.25, 0.3) is 0 Å². The lowest BCUT2D eigenvalue weighted by atomic mass is 9.64. The summed E-state index contributed by atoms with van der Waals surface area (Å²) in [6.45, 7) is 9.45. The van der Waals surface area contributed by atoms with Crippen LogP contribution in [0.1, 0.15) is 40.5 Å². The normalized spacial score (nSPS) is 39.9. The summed E-state index contributed by atoms with van der Waals surface area (Å²) in [5, 5.41) is 0. The molecule has 1 fully saturated rings. The van der Waals surface area contributed by atoms with Crippen molar-refractivity contribution < 1.29 is 0 Å². The van der Waals surface area contributed by atoms with Gasteiger partial charge in [0, 0.05) is 0 Å². The second-order valence-electron chi connectivity index (χ2n) is 4.48. The van der Waals surface area contributed by atoms with Gasteiger partial charge < -0.3 is 0 Å². The van der Waals surface area contributed by atoms with Gasteiger partial charge in [0.05, 0.1) is 0 Å². The van der Waals surface area contributed by atoms with Gasteiger partial charge in [-0.1, -0.05) is 27.7 Å². The number of hydrogen-bond donors (Lipinski definition) is 0. The molecule has 10 heavy (non-hydrogen) atoms. The van der Waals surface area contributed by atoms with E-state index in [9.17, 15) is 0 Å². The monoisotopic (exact) mass is 140 g/mol. The van der Waals surface area contributed by atoms with Gasteiger partial charge in [-0.05, 0) is 36.5 Å². The smallest absolute Gasteiger partial charge is 0.0360 e. The maximum atomic E-state index is 2.40. The minimum atomic E-state index is 0.898. The van der Waals surface area contributed by atoms with Crippen LogP contribution >= 0.6 is 0 Å². The fourth-order valence-corrected chi connectivity index (χ4v) is 2.31. The predicted octanol–water partition coefficient (Wildman–Crippen LogP) is 3.32. The van der Waals surface area contributed by atoms with E-state index in [0.717, 1.165) is 23.7 Å². The third kappa shape index (κ3) is 1.53. The summed E-state index contributed by atoms with van der Waals surface area (Å²) >= 11 is 0. The molecular weight excluding hydrogens is 120 g/mol. The van der Waals surface area contributed by atoms with E-state index in [-0.39, 0.29) is 0 Å². The minimum Gasteiger partial charge on any atom is -0.0628 e. The summed E-state index contributed by atoms with van der Waals surface area (Å²) in [5.41, 5.74) is 0. The Hall–Kier alpha value is 0. The minimum absolute atomic E-state index is 0.898. The van der Waals surface area contributed by atoms with Crippen LogP contribution in [-0.4, -0.2) is 0 Å². The Morgan fingerprint density at radius 1 is 1.20 bits per heavy atom. The largest absolute Gasteiger partial charge is 0.0628 e. The molecule has 2 atom stereocenters. The molecular formula is C10H20. The summed E-state index contributed by atoms with van der Waals surface area (Å²) in [4.78, 5) is 0. The van der Waals surface area contributed by atoms with Gasteiger partial charge in [0.1, 0.15) is 0 Å². The maximum absolute atomic E-state index is 2.40. The van der Waals surface area contributed by atoms with Gasteiger partial charge in [-0.15, -0.1) is 0 Å². The van der Waals surface area contributed by atoms with Crippen molar-refractivity contribution in [3.05, 3.63) is 0 Å². The Kier molecular flexibility index (Phi) is 2.38. The van der Waals surface area contributed by atoms with E-state index in [1.807, 2.05) is 0 Å². The van der Waals surface area contributed by atoms with Crippen LogP contribution in [0.2, 0.25) is 0 Å². The van der Waals surface area contributed by atoms with Crippen molar-refractivity contribution >= 4 is 0 Å². The Labute approximate surface area is 65.0 Å². The van der Waals surface area contributed by atoms with Gasteiger partial charge in [0.2, 0.25) is 0 Å². The molecule has 0 aliphatic heterocycles. The van der Waals surface area contributed by atoms with Gasteiger partial charge in [-0.2, -0.15) is 0 Å².